The third-order valence-electron chi connectivity index (χ3n) is 8.53. The third-order valence-corrected chi connectivity index (χ3v) is 9.59. The smallest absolute Gasteiger partial charge is 0.220 e. The Morgan fingerprint density at radius 3 is 2.85 bits per heavy atom. The van der Waals surface area contributed by atoms with Crippen LogP contribution in [-0.4, -0.2) is 84.7 Å². The highest BCUT2D eigenvalue weighted by molar-refractivity contribution is 7.15. The molecule has 2 fully saturated rings. The van der Waals surface area contributed by atoms with E-state index in [1.807, 2.05) is 6.92 Å². The summed E-state index contributed by atoms with van der Waals surface area (Å²) in [6, 6.07) is 0. The summed E-state index contributed by atoms with van der Waals surface area (Å²) < 4.78 is 5.40. The van der Waals surface area contributed by atoms with E-state index in [1.165, 1.54) is 0 Å². The lowest BCUT2D eigenvalue weighted by Gasteiger charge is -2.58. The number of hydrogen-bond acceptors (Lipinski definition) is 8. The number of nitrogens with one attached hydrogen (secondary N) is 2. The molecule has 0 spiro atoms. The maximum Gasteiger partial charge on any atom is 0.220 e. The first-order valence-electron chi connectivity index (χ1n) is 12.5. The minimum absolute atomic E-state index is 0.0384. The molecule has 5 atom stereocenters. The van der Waals surface area contributed by atoms with Crippen LogP contribution in [0.3, 0.4) is 0 Å². The fourth-order valence-electron chi connectivity index (χ4n) is 6.32. The summed E-state index contributed by atoms with van der Waals surface area (Å²) in [5, 5.41) is 28.5. The summed E-state index contributed by atoms with van der Waals surface area (Å²) in [7, 11) is 0. The highest BCUT2D eigenvalue weighted by atomic mass is 32.1. The first kappa shape index (κ1) is 25.6. The number of aliphatic hydroxyl groups excluding tert-OH is 2. The summed E-state index contributed by atoms with van der Waals surface area (Å²) in [6.45, 7) is 13.3. The zero-order valence-electron chi connectivity index (χ0n) is 20.5. The van der Waals surface area contributed by atoms with Crippen molar-refractivity contribution in [2.24, 2.45) is 16.7 Å². The molecular formula is C25H40N4O4S. The standard InChI is InChI=1S/C25H40N4O4S/c1-4-7-27-23-28-22-17(14-21(32)26-8-9-29-10-12-33-13-11-29)24(2)6-5-20(31)25(3,16-30)19(24)15-18(22)34-23/h4,17,19-20,30-31H,1,5-16H2,2-3H3,(H,26,32)(H,27,28)/t17-,19+,20-,24+,25+/m1/s1. The molecule has 1 amide bonds. The fraction of sp³-hybridized carbons (Fsp3) is 0.760. The molecule has 4 rings (SSSR count). The van der Waals surface area contributed by atoms with Crippen molar-refractivity contribution in [1.82, 2.24) is 15.2 Å². The minimum atomic E-state index is -0.603. The van der Waals surface area contributed by atoms with E-state index in [4.69, 9.17) is 9.72 Å². The second-order valence-corrected chi connectivity index (χ2v) is 11.6. The van der Waals surface area contributed by atoms with Gasteiger partial charge in [0.15, 0.2) is 5.13 Å². The lowest BCUT2D eigenvalue weighted by atomic mass is 9.47. The van der Waals surface area contributed by atoms with Crippen molar-refractivity contribution in [2.45, 2.75) is 51.6 Å². The number of morpholine rings is 1. The molecule has 34 heavy (non-hydrogen) atoms. The predicted octanol–water partition coefficient (Wildman–Crippen LogP) is 1.99. The van der Waals surface area contributed by atoms with Gasteiger partial charge >= 0.3 is 0 Å². The molecule has 1 saturated carbocycles. The normalized spacial score (nSPS) is 33.6. The van der Waals surface area contributed by atoms with Gasteiger partial charge in [-0.25, -0.2) is 4.98 Å². The van der Waals surface area contributed by atoms with Crippen LogP contribution in [0.25, 0.3) is 0 Å². The van der Waals surface area contributed by atoms with Gasteiger partial charge < -0.3 is 25.6 Å². The summed E-state index contributed by atoms with van der Waals surface area (Å²) in [5.41, 5.74) is 0.180. The van der Waals surface area contributed by atoms with E-state index >= 15 is 0 Å². The van der Waals surface area contributed by atoms with E-state index in [0.29, 0.717) is 25.9 Å². The molecule has 1 aromatic rings. The number of thiazole rings is 1. The molecule has 0 aromatic carbocycles. The number of nitrogens with zero attached hydrogens (tertiary/aromatic N) is 2. The maximum atomic E-state index is 13.1. The van der Waals surface area contributed by atoms with Crippen molar-refractivity contribution in [1.29, 1.82) is 0 Å². The Morgan fingerprint density at radius 1 is 1.38 bits per heavy atom. The Bertz CT molecular complexity index is 873. The van der Waals surface area contributed by atoms with Gasteiger partial charge in [-0.2, -0.15) is 0 Å². The number of carbonyl (C=O) groups is 1. The lowest BCUT2D eigenvalue weighted by molar-refractivity contribution is -0.144. The zero-order valence-corrected chi connectivity index (χ0v) is 21.3. The molecular weight excluding hydrogens is 452 g/mol. The van der Waals surface area contributed by atoms with Crippen molar-refractivity contribution in [2.75, 3.05) is 57.9 Å². The number of aliphatic hydroxyl groups is 2. The molecule has 4 N–H and O–H groups in total. The Labute approximate surface area is 206 Å². The zero-order chi connectivity index (χ0) is 24.3. The topological polar surface area (TPSA) is 107 Å². The first-order chi connectivity index (χ1) is 16.3. The van der Waals surface area contributed by atoms with Gasteiger partial charge in [0.2, 0.25) is 5.91 Å². The van der Waals surface area contributed by atoms with Crippen LogP contribution in [0.4, 0.5) is 5.13 Å². The van der Waals surface area contributed by atoms with Crippen LogP contribution >= 0.6 is 11.3 Å². The fourth-order valence-corrected chi connectivity index (χ4v) is 7.39. The number of hydrogen-bond donors (Lipinski definition) is 4. The summed E-state index contributed by atoms with van der Waals surface area (Å²) in [6.07, 6.45) is 3.83. The average Bonchev–Trinajstić information content (AvgIpc) is 3.25. The van der Waals surface area contributed by atoms with E-state index < -0.39 is 11.5 Å². The van der Waals surface area contributed by atoms with Gasteiger partial charge in [0.05, 0.1) is 31.6 Å². The Hall–Kier alpha value is -1.52. The van der Waals surface area contributed by atoms with Gasteiger partial charge in [-0.3, -0.25) is 9.69 Å². The molecule has 2 heterocycles. The highest BCUT2D eigenvalue weighted by Crippen LogP contribution is 2.62. The van der Waals surface area contributed by atoms with Crippen LogP contribution < -0.4 is 10.6 Å². The Balaban J connectivity index is 1.55. The van der Waals surface area contributed by atoms with Crippen LogP contribution in [0.1, 0.15) is 49.6 Å². The van der Waals surface area contributed by atoms with Crippen LogP contribution in [-0.2, 0) is 16.0 Å². The Morgan fingerprint density at radius 2 is 2.15 bits per heavy atom. The van der Waals surface area contributed by atoms with E-state index in [9.17, 15) is 15.0 Å². The van der Waals surface area contributed by atoms with Crippen molar-refractivity contribution in [3.05, 3.63) is 23.2 Å². The molecule has 0 unspecified atom stereocenters. The van der Waals surface area contributed by atoms with Gasteiger partial charge in [-0.05, 0) is 30.6 Å². The van der Waals surface area contributed by atoms with Crippen molar-refractivity contribution >= 4 is 22.4 Å². The van der Waals surface area contributed by atoms with Gasteiger partial charge in [0, 0.05) is 55.4 Å². The summed E-state index contributed by atoms with van der Waals surface area (Å²) >= 11 is 1.63. The SMILES string of the molecule is C=CCNc1nc2c(s1)C[C@@H]1[C@](C)(CO)[C@H](O)CC[C@@]1(C)[C@@H]2CC(=O)NCCN1CCOCC1. The predicted molar refractivity (Wildman–Crippen MR) is 134 cm³/mol. The third kappa shape index (κ3) is 4.91. The molecule has 1 aliphatic heterocycles. The number of ether oxygens (including phenoxy) is 1. The number of aromatic nitrogens is 1. The van der Waals surface area contributed by atoms with Crippen LogP contribution in [0.5, 0.6) is 0 Å². The van der Waals surface area contributed by atoms with E-state index in [2.05, 4.69) is 29.0 Å². The molecule has 2 aliphatic carbocycles. The highest BCUT2D eigenvalue weighted by Gasteiger charge is 2.59. The first-order valence-corrected chi connectivity index (χ1v) is 13.3. The van der Waals surface area contributed by atoms with Crippen LogP contribution in [0, 0.1) is 16.7 Å². The second-order valence-electron chi connectivity index (χ2n) is 10.5. The Kier molecular flexibility index (Phi) is 7.99. The van der Waals surface area contributed by atoms with E-state index in [1.54, 1.807) is 17.4 Å². The lowest BCUT2D eigenvalue weighted by Crippen LogP contribution is -2.57. The monoisotopic (exact) mass is 492 g/mol. The van der Waals surface area contributed by atoms with Gasteiger partial charge in [0.1, 0.15) is 0 Å². The maximum absolute atomic E-state index is 13.1. The number of rotatable bonds is 9. The van der Waals surface area contributed by atoms with E-state index in [0.717, 1.165) is 61.4 Å². The van der Waals surface area contributed by atoms with Gasteiger partial charge in [0.25, 0.3) is 0 Å². The summed E-state index contributed by atoms with van der Waals surface area (Å²) in [4.78, 5) is 21.6. The molecule has 0 radical (unpaired) electrons. The van der Waals surface area contributed by atoms with Gasteiger partial charge in [-0.15, -0.1) is 17.9 Å². The largest absolute Gasteiger partial charge is 0.396 e. The van der Waals surface area contributed by atoms with E-state index in [-0.39, 0.29) is 29.8 Å². The number of anilines is 1. The molecule has 8 nitrogen and oxygen atoms in total. The molecule has 1 aromatic heterocycles. The van der Waals surface area contributed by atoms with Crippen molar-refractivity contribution < 1.29 is 19.7 Å². The summed E-state index contributed by atoms with van der Waals surface area (Å²) in [5.74, 6) is 0.0511. The van der Waals surface area contributed by atoms with Crippen molar-refractivity contribution in [3.63, 3.8) is 0 Å². The van der Waals surface area contributed by atoms with Crippen LogP contribution in [0.2, 0.25) is 0 Å². The molecule has 0 bridgehead atoms. The second kappa shape index (κ2) is 10.6. The number of fused-ring (bicyclic) bond motifs is 2. The molecule has 9 heteroatoms. The molecule has 3 aliphatic rings. The van der Waals surface area contributed by atoms with Gasteiger partial charge in [-0.1, -0.05) is 19.9 Å². The van der Waals surface area contributed by atoms with Crippen LogP contribution in [0.15, 0.2) is 12.7 Å². The minimum Gasteiger partial charge on any atom is -0.396 e. The number of carbonyl (C=O) groups excluding carboxylic acids is 1. The average molecular weight is 493 g/mol. The number of amides is 1. The molecule has 1 saturated heterocycles. The molecule has 190 valence electrons. The quantitative estimate of drug-likeness (QED) is 0.391. The van der Waals surface area contributed by atoms with Crippen molar-refractivity contribution in [3.8, 4) is 0 Å².